The van der Waals surface area contributed by atoms with E-state index in [-0.39, 0.29) is 18.7 Å². The SMILES string of the molecule is CC(C)(C)OC(=O)CNc1cc(F)c(C(=O)O)c(OCCCN(F)C(=O)C(F)F)c1. The molecule has 0 atom stereocenters. The van der Waals surface area contributed by atoms with Crippen LogP contribution in [0.4, 0.5) is 23.3 Å². The summed E-state index contributed by atoms with van der Waals surface area (Å²) in [5.41, 5.74) is -1.53. The summed E-state index contributed by atoms with van der Waals surface area (Å²) in [7, 11) is 0. The van der Waals surface area contributed by atoms with Crippen molar-refractivity contribution >= 4 is 23.5 Å². The Labute approximate surface area is 169 Å². The highest BCUT2D eigenvalue weighted by Gasteiger charge is 2.24. The maximum absolute atomic E-state index is 14.2. The summed E-state index contributed by atoms with van der Waals surface area (Å²) >= 11 is 0. The average molecular weight is 438 g/mol. The number of carboxylic acids is 1. The largest absolute Gasteiger partial charge is 0.492 e. The quantitative estimate of drug-likeness (QED) is 0.250. The van der Waals surface area contributed by atoms with Gasteiger partial charge in [-0.3, -0.25) is 9.59 Å². The van der Waals surface area contributed by atoms with Gasteiger partial charge >= 0.3 is 24.3 Å². The first-order valence-electron chi connectivity index (χ1n) is 8.72. The Kier molecular flexibility index (Phi) is 8.87. The summed E-state index contributed by atoms with van der Waals surface area (Å²) in [6, 6.07) is 1.94. The second-order valence-electron chi connectivity index (χ2n) is 7.00. The second-order valence-corrected chi connectivity index (χ2v) is 7.00. The van der Waals surface area contributed by atoms with Gasteiger partial charge in [0.05, 0.1) is 13.2 Å². The molecule has 0 saturated carbocycles. The first-order valence-corrected chi connectivity index (χ1v) is 8.72. The highest BCUT2D eigenvalue weighted by molar-refractivity contribution is 5.92. The zero-order valence-electron chi connectivity index (χ0n) is 16.5. The normalized spacial score (nSPS) is 11.2. The van der Waals surface area contributed by atoms with Crippen molar-refractivity contribution in [1.29, 1.82) is 0 Å². The van der Waals surface area contributed by atoms with E-state index in [4.69, 9.17) is 14.6 Å². The van der Waals surface area contributed by atoms with Gasteiger partial charge in [-0.25, -0.2) is 9.18 Å². The van der Waals surface area contributed by atoms with E-state index in [1.807, 2.05) is 0 Å². The summed E-state index contributed by atoms with van der Waals surface area (Å²) in [5, 5.41) is 11.0. The Morgan fingerprint density at radius 3 is 2.40 bits per heavy atom. The number of nitrogens with zero attached hydrogens (tertiary/aromatic N) is 1. The van der Waals surface area contributed by atoms with E-state index >= 15 is 0 Å². The van der Waals surface area contributed by atoms with Crippen LogP contribution >= 0.6 is 0 Å². The number of hydrogen-bond donors (Lipinski definition) is 2. The highest BCUT2D eigenvalue weighted by Crippen LogP contribution is 2.27. The Morgan fingerprint density at radius 2 is 1.87 bits per heavy atom. The van der Waals surface area contributed by atoms with E-state index < -0.39 is 65.3 Å². The zero-order chi connectivity index (χ0) is 23.1. The van der Waals surface area contributed by atoms with Crippen LogP contribution in [0.1, 0.15) is 37.6 Å². The van der Waals surface area contributed by atoms with E-state index in [1.165, 1.54) is 0 Å². The molecular formula is C18H22F4N2O6. The number of nitrogens with one attached hydrogen (secondary N) is 1. The van der Waals surface area contributed by atoms with Gasteiger partial charge in [-0.2, -0.15) is 13.9 Å². The molecule has 2 N–H and O–H groups in total. The number of aromatic carboxylic acids is 1. The van der Waals surface area contributed by atoms with Gasteiger partial charge in [-0.05, 0) is 26.8 Å². The van der Waals surface area contributed by atoms with Gasteiger partial charge in [0.15, 0.2) is 0 Å². The molecule has 168 valence electrons. The molecule has 12 heteroatoms. The molecular weight excluding hydrogens is 416 g/mol. The van der Waals surface area contributed by atoms with Gasteiger partial charge in [0.1, 0.15) is 29.3 Å². The molecule has 0 saturated heterocycles. The number of rotatable bonds is 10. The van der Waals surface area contributed by atoms with Gasteiger partial charge in [-0.15, -0.1) is 0 Å². The molecule has 8 nitrogen and oxygen atoms in total. The zero-order valence-corrected chi connectivity index (χ0v) is 16.5. The fourth-order valence-corrected chi connectivity index (χ4v) is 2.16. The third-order valence-electron chi connectivity index (χ3n) is 3.31. The number of halogens is 4. The van der Waals surface area contributed by atoms with E-state index in [0.717, 1.165) is 12.1 Å². The van der Waals surface area contributed by atoms with Crippen molar-refractivity contribution in [3.63, 3.8) is 0 Å². The number of anilines is 1. The van der Waals surface area contributed by atoms with Crippen molar-refractivity contribution in [3.8, 4) is 5.75 Å². The van der Waals surface area contributed by atoms with Crippen molar-refractivity contribution in [2.45, 2.75) is 39.2 Å². The molecule has 1 aromatic carbocycles. The van der Waals surface area contributed by atoms with Crippen LogP contribution in [0.5, 0.6) is 5.75 Å². The van der Waals surface area contributed by atoms with Crippen molar-refractivity contribution in [3.05, 3.63) is 23.5 Å². The summed E-state index contributed by atoms with van der Waals surface area (Å²) in [4.78, 5) is 33.7. The number of amides is 1. The molecule has 0 bridgehead atoms. The number of carbonyl (C=O) groups is 3. The molecule has 1 aromatic rings. The molecule has 0 spiro atoms. The predicted octanol–water partition coefficient (Wildman–Crippen LogP) is 3.02. The number of esters is 1. The van der Waals surface area contributed by atoms with Crippen molar-refractivity contribution in [2.75, 3.05) is 25.0 Å². The maximum Gasteiger partial charge on any atom is 0.342 e. The van der Waals surface area contributed by atoms with Gasteiger partial charge in [-0.1, -0.05) is 4.48 Å². The van der Waals surface area contributed by atoms with Gasteiger partial charge in [0, 0.05) is 18.2 Å². The number of carbonyl (C=O) groups excluding carboxylic acids is 2. The van der Waals surface area contributed by atoms with Gasteiger partial charge in [0.2, 0.25) is 0 Å². The minimum absolute atomic E-state index is 0.0124. The fourth-order valence-electron chi connectivity index (χ4n) is 2.16. The molecule has 0 aliphatic heterocycles. The monoisotopic (exact) mass is 438 g/mol. The van der Waals surface area contributed by atoms with Gasteiger partial charge in [0.25, 0.3) is 0 Å². The molecule has 1 amide bonds. The third-order valence-corrected chi connectivity index (χ3v) is 3.31. The first kappa shape index (κ1) is 25.0. The van der Waals surface area contributed by atoms with Crippen LogP contribution in [-0.2, 0) is 14.3 Å². The van der Waals surface area contributed by atoms with Crippen LogP contribution in [0, 0.1) is 5.82 Å². The van der Waals surface area contributed by atoms with Crippen molar-refractivity contribution < 1.29 is 46.6 Å². The standard InChI is InChI=1S/C18H22F4N2O6/c1-18(2,3)30-13(25)9-23-10-7-11(19)14(17(27)28)12(8-10)29-6-4-5-24(22)16(26)15(20)21/h7-8,15,23H,4-6,9H2,1-3H3,(H,27,28). The lowest BCUT2D eigenvalue weighted by molar-refractivity contribution is -0.159. The van der Waals surface area contributed by atoms with Gasteiger partial charge < -0.3 is 19.9 Å². The van der Waals surface area contributed by atoms with Crippen molar-refractivity contribution in [1.82, 2.24) is 5.12 Å². The Hall–Kier alpha value is -3.05. The Balaban J connectivity index is 2.80. The van der Waals surface area contributed by atoms with E-state index in [0.29, 0.717) is 0 Å². The first-order chi connectivity index (χ1) is 13.8. The number of ether oxygens (including phenoxy) is 2. The number of hydrogen-bond acceptors (Lipinski definition) is 6. The van der Waals surface area contributed by atoms with E-state index in [1.54, 1.807) is 20.8 Å². The molecule has 0 aliphatic rings. The molecule has 1 rings (SSSR count). The molecule has 0 aromatic heterocycles. The molecule has 0 unspecified atom stereocenters. The lowest BCUT2D eigenvalue weighted by Crippen LogP contribution is -2.30. The number of carboxylic acid groups (broad SMARTS) is 1. The Morgan fingerprint density at radius 1 is 1.23 bits per heavy atom. The van der Waals surface area contributed by atoms with E-state index in [9.17, 15) is 32.0 Å². The second kappa shape index (κ2) is 10.6. The van der Waals surface area contributed by atoms with Crippen LogP contribution in [0.2, 0.25) is 0 Å². The van der Waals surface area contributed by atoms with E-state index in [2.05, 4.69) is 5.32 Å². The maximum atomic E-state index is 14.2. The summed E-state index contributed by atoms with van der Waals surface area (Å²) < 4.78 is 61.7. The average Bonchev–Trinajstić information content (AvgIpc) is 2.60. The lowest BCUT2D eigenvalue weighted by Gasteiger charge is -2.20. The van der Waals surface area contributed by atoms with Crippen LogP contribution in [0.15, 0.2) is 12.1 Å². The topological polar surface area (TPSA) is 105 Å². The van der Waals surface area contributed by atoms with Crippen LogP contribution in [-0.4, -0.2) is 59.8 Å². The third kappa shape index (κ3) is 8.13. The fraction of sp³-hybridized carbons (Fsp3) is 0.500. The number of benzene rings is 1. The van der Waals surface area contributed by atoms with Crippen molar-refractivity contribution in [2.24, 2.45) is 0 Å². The predicted molar refractivity (Wildman–Crippen MR) is 96.6 cm³/mol. The molecule has 0 heterocycles. The highest BCUT2D eigenvalue weighted by atomic mass is 19.3. The van der Waals surface area contributed by atoms with Crippen LogP contribution in [0.25, 0.3) is 0 Å². The smallest absolute Gasteiger partial charge is 0.342 e. The molecule has 0 radical (unpaired) electrons. The summed E-state index contributed by atoms with van der Waals surface area (Å²) in [5.74, 6) is -5.88. The molecule has 30 heavy (non-hydrogen) atoms. The molecule has 0 fully saturated rings. The molecule has 0 aliphatic carbocycles. The minimum Gasteiger partial charge on any atom is -0.492 e. The van der Waals surface area contributed by atoms with Crippen LogP contribution < -0.4 is 10.1 Å². The van der Waals surface area contributed by atoms with Crippen LogP contribution in [0.3, 0.4) is 0 Å². The Bertz CT molecular complexity index is 783. The number of alkyl halides is 2. The lowest BCUT2D eigenvalue weighted by atomic mass is 10.1. The summed E-state index contributed by atoms with van der Waals surface area (Å²) in [6.45, 7) is 3.51. The minimum atomic E-state index is -3.50. The summed E-state index contributed by atoms with van der Waals surface area (Å²) in [6.07, 6.45) is -3.78.